The molecule has 0 spiro atoms. The van der Waals surface area contributed by atoms with Crippen LogP contribution in [0.3, 0.4) is 0 Å². The number of hydrogen-bond donors (Lipinski definition) is 2. The summed E-state index contributed by atoms with van der Waals surface area (Å²) in [5, 5.41) is 4.49. The Hall–Kier alpha value is -4.31. The van der Waals surface area contributed by atoms with Gasteiger partial charge in [0.25, 0.3) is 15.9 Å². The van der Waals surface area contributed by atoms with Crippen LogP contribution >= 0.6 is 0 Å². The van der Waals surface area contributed by atoms with Crippen LogP contribution in [0.15, 0.2) is 71.6 Å². The van der Waals surface area contributed by atoms with Gasteiger partial charge in [-0.1, -0.05) is 24.3 Å². The normalized spacial score (nSPS) is 12.7. The van der Waals surface area contributed by atoms with Gasteiger partial charge in [0.05, 0.1) is 10.6 Å². The van der Waals surface area contributed by atoms with E-state index in [1.807, 2.05) is 30.3 Å². The molecule has 0 fully saturated rings. The SMILES string of the molecule is Cc1cc(C)nc(NS(=O)(=O)c2ccc(NC(=O)CN3C(=O)c4cccc5cccc3c45)cc2)n1. The standard InChI is InChI=1S/C25H21N5O4S/c1-15-13-16(2)27-25(26-15)29-35(33,34)19-11-9-18(10-12-19)28-22(31)14-30-21-8-4-6-17-5-3-7-20(23(17)21)24(30)32/h3-13H,14H2,1-2H3,(H,28,31)(H,26,27,29). The molecule has 4 aromatic rings. The minimum Gasteiger partial charge on any atom is -0.325 e. The number of aromatic nitrogens is 2. The summed E-state index contributed by atoms with van der Waals surface area (Å²) >= 11 is 0. The molecule has 2 heterocycles. The Kier molecular flexibility index (Phi) is 5.45. The van der Waals surface area contributed by atoms with Crippen LogP contribution in [0.2, 0.25) is 0 Å². The quantitative estimate of drug-likeness (QED) is 0.428. The number of sulfonamides is 1. The first kappa shape index (κ1) is 22.5. The fraction of sp³-hybridized carbons (Fsp3) is 0.120. The predicted molar refractivity (Wildman–Crippen MR) is 133 cm³/mol. The predicted octanol–water partition coefficient (Wildman–Crippen LogP) is 3.65. The molecule has 0 unspecified atom stereocenters. The molecular formula is C25H21N5O4S. The van der Waals surface area contributed by atoms with Crippen molar-refractivity contribution in [3.05, 3.63) is 83.7 Å². The van der Waals surface area contributed by atoms with E-state index in [4.69, 9.17) is 0 Å². The van der Waals surface area contributed by atoms with E-state index >= 15 is 0 Å². The smallest absolute Gasteiger partial charge is 0.264 e. The molecule has 9 nitrogen and oxygen atoms in total. The highest BCUT2D eigenvalue weighted by Gasteiger charge is 2.30. The summed E-state index contributed by atoms with van der Waals surface area (Å²) in [5.41, 5.74) is 2.95. The van der Waals surface area contributed by atoms with E-state index in [1.165, 1.54) is 29.2 Å². The fourth-order valence-electron chi connectivity index (χ4n) is 4.15. The Morgan fingerprint density at radius 1 is 0.943 bits per heavy atom. The summed E-state index contributed by atoms with van der Waals surface area (Å²) in [4.78, 5) is 35.2. The van der Waals surface area contributed by atoms with Gasteiger partial charge in [0.1, 0.15) is 6.54 Å². The molecule has 0 bridgehead atoms. The van der Waals surface area contributed by atoms with Crippen LogP contribution < -0.4 is 14.9 Å². The number of carbonyl (C=O) groups is 2. The van der Waals surface area contributed by atoms with Gasteiger partial charge in [-0.15, -0.1) is 0 Å². The van der Waals surface area contributed by atoms with Crippen molar-refractivity contribution in [1.29, 1.82) is 0 Å². The lowest BCUT2D eigenvalue weighted by atomic mass is 10.1. The van der Waals surface area contributed by atoms with Gasteiger partial charge in [0.15, 0.2) is 0 Å². The second-order valence-electron chi connectivity index (χ2n) is 8.22. The molecule has 1 aliphatic rings. The largest absolute Gasteiger partial charge is 0.325 e. The maximum Gasteiger partial charge on any atom is 0.264 e. The monoisotopic (exact) mass is 487 g/mol. The van der Waals surface area contributed by atoms with E-state index in [2.05, 4.69) is 20.0 Å². The summed E-state index contributed by atoms with van der Waals surface area (Å²) < 4.78 is 27.8. The molecule has 3 aromatic carbocycles. The van der Waals surface area contributed by atoms with Crippen LogP contribution in [0.25, 0.3) is 10.8 Å². The van der Waals surface area contributed by atoms with Gasteiger partial charge < -0.3 is 5.32 Å². The molecule has 1 aromatic heterocycles. The number of hydrogen-bond acceptors (Lipinski definition) is 6. The van der Waals surface area contributed by atoms with E-state index in [1.54, 1.807) is 26.0 Å². The molecule has 2 N–H and O–H groups in total. The number of anilines is 3. The van der Waals surface area contributed by atoms with Gasteiger partial charge >= 0.3 is 0 Å². The van der Waals surface area contributed by atoms with Crippen molar-refractivity contribution in [2.24, 2.45) is 0 Å². The van der Waals surface area contributed by atoms with Crippen LogP contribution in [0.4, 0.5) is 17.3 Å². The van der Waals surface area contributed by atoms with Gasteiger partial charge in [-0.2, -0.15) is 0 Å². The van der Waals surface area contributed by atoms with Crippen molar-refractivity contribution in [2.45, 2.75) is 18.7 Å². The number of benzene rings is 3. The number of rotatable bonds is 6. The van der Waals surface area contributed by atoms with Crippen LogP contribution in [0, 0.1) is 13.8 Å². The van der Waals surface area contributed by atoms with E-state index in [0.29, 0.717) is 28.3 Å². The second-order valence-corrected chi connectivity index (χ2v) is 9.91. The number of carbonyl (C=O) groups excluding carboxylic acids is 2. The zero-order valence-corrected chi connectivity index (χ0v) is 19.8. The van der Waals surface area contributed by atoms with Crippen molar-refractivity contribution < 1.29 is 18.0 Å². The summed E-state index contributed by atoms with van der Waals surface area (Å²) in [6.07, 6.45) is 0. The highest BCUT2D eigenvalue weighted by Crippen LogP contribution is 2.37. The molecule has 0 radical (unpaired) electrons. The first-order chi connectivity index (χ1) is 16.7. The summed E-state index contributed by atoms with van der Waals surface area (Å²) in [6.45, 7) is 3.33. The van der Waals surface area contributed by atoms with Crippen LogP contribution in [0.5, 0.6) is 0 Å². The molecular weight excluding hydrogens is 466 g/mol. The molecule has 0 saturated carbocycles. The third-order valence-electron chi connectivity index (χ3n) is 5.61. The molecule has 176 valence electrons. The van der Waals surface area contributed by atoms with Gasteiger partial charge in [-0.3, -0.25) is 14.5 Å². The molecule has 5 rings (SSSR count). The molecule has 0 aliphatic carbocycles. The maximum absolute atomic E-state index is 12.9. The Morgan fingerprint density at radius 3 is 2.29 bits per heavy atom. The summed E-state index contributed by atoms with van der Waals surface area (Å²) in [6, 6.07) is 18.5. The average molecular weight is 488 g/mol. The highest BCUT2D eigenvalue weighted by atomic mass is 32.2. The molecule has 1 aliphatic heterocycles. The van der Waals surface area contributed by atoms with E-state index < -0.39 is 15.9 Å². The molecule has 10 heteroatoms. The first-order valence-corrected chi connectivity index (χ1v) is 12.3. The van der Waals surface area contributed by atoms with Gasteiger partial charge in [0, 0.05) is 28.0 Å². The van der Waals surface area contributed by atoms with Gasteiger partial charge in [-0.25, -0.2) is 23.1 Å². The third-order valence-corrected chi connectivity index (χ3v) is 6.95. The first-order valence-electron chi connectivity index (χ1n) is 10.8. The molecule has 0 saturated heterocycles. The van der Waals surface area contributed by atoms with E-state index in [-0.39, 0.29) is 23.3 Å². The maximum atomic E-state index is 12.9. The van der Waals surface area contributed by atoms with Crippen LogP contribution in [-0.2, 0) is 14.8 Å². The fourth-order valence-corrected chi connectivity index (χ4v) is 5.09. The van der Waals surface area contributed by atoms with Crippen LogP contribution in [-0.4, -0.2) is 36.7 Å². The summed E-state index contributed by atoms with van der Waals surface area (Å²) in [7, 11) is -3.91. The lowest BCUT2D eigenvalue weighted by Crippen LogP contribution is -2.35. The van der Waals surface area contributed by atoms with E-state index in [9.17, 15) is 18.0 Å². The van der Waals surface area contributed by atoms with Crippen molar-refractivity contribution >= 4 is 49.9 Å². The number of nitrogens with one attached hydrogen (secondary N) is 2. The van der Waals surface area contributed by atoms with Crippen molar-refractivity contribution in [2.75, 3.05) is 21.5 Å². The molecule has 0 atom stereocenters. The minimum absolute atomic E-state index is 0.00453. The Labute approximate surface area is 201 Å². The molecule has 2 amide bonds. The number of amides is 2. The lowest BCUT2D eigenvalue weighted by Gasteiger charge is -2.17. The number of aryl methyl sites for hydroxylation is 2. The van der Waals surface area contributed by atoms with Crippen molar-refractivity contribution in [1.82, 2.24) is 9.97 Å². The van der Waals surface area contributed by atoms with Gasteiger partial charge in [0.2, 0.25) is 11.9 Å². The average Bonchev–Trinajstić information content (AvgIpc) is 3.06. The number of nitrogens with zero attached hydrogens (tertiary/aromatic N) is 3. The van der Waals surface area contributed by atoms with Crippen molar-refractivity contribution in [3.63, 3.8) is 0 Å². The second kappa shape index (κ2) is 8.48. The van der Waals surface area contributed by atoms with Crippen molar-refractivity contribution in [3.8, 4) is 0 Å². The zero-order chi connectivity index (χ0) is 24.7. The Balaban J connectivity index is 1.28. The molecule has 35 heavy (non-hydrogen) atoms. The minimum atomic E-state index is -3.91. The zero-order valence-electron chi connectivity index (χ0n) is 18.9. The Bertz CT molecular complexity index is 1580. The van der Waals surface area contributed by atoms with Crippen LogP contribution in [0.1, 0.15) is 21.7 Å². The lowest BCUT2D eigenvalue weighted by molar-refractivity contribution is -0.114. The topological polar surface area (TPSA) is 121 Å². The third kappa shape index (κ3) is 4.31. The van der Waals surface area contributed by atoms with E-state index in [0.717, 1.165) is 10.8 Å². The van der Waals surface area contributed by atoms with Gasteiger partial charge in [-0.05, 0) is 61.7 Å². The Morgan fingerprint density at radius 2 is 1.60 bits per heavy atom. The highest BCUT2D eigenvalue weighted by molar-refractivity contribution is 7.92. The summed E-state index contributed by atoms with van der Waals surface area (Å²) in [5.74, 6) is -0.639.